The Bertz CT molecular complexity index is 612. The summed E-state index contributed by atoms with van der Waals surface area (Å²) in [5, 5.41) is 2.92. The lowest BCUT2D eigenvalue weighted by Gasteiger charge is -2.07. The molecule has 0 aliphatic carbocycles. The summed E-state index contributed by atoms with van der Waals surface area (Å²) in [7, 11) is 0. The Morgan fingerprint density at radius 2 is 1.70 bits per heavy atom. The quantitative estimate of drug-likeness (QED) is 0.540. The standard InChI is InChI=1S/C18H21BrN2O2/c19-15-6-4-14(5-7-15)18(22)21-12-2-1-3-13-23-17-10-8-16(20)9-11-17/h4-11H,1-3,12-13,20H2,(H,21,22). The van der Waals surface area contributed by atoms with E-state index in [1.165, 1.54) is 0 Å². The van der Waals surface area contributed by atoms with Crippen molar-refractivity contribution < 1.29 is 9.53 Å². The number of benzene rings is 2. The van der Waals surface area contributed by atoms with Crippen molar-refractivity contribution in [2.45, 2.75) is 19.3 Å². The monoisotopic (exact) mass is 376 g/mol. The average molecular weight is 377 g/mol. The van der Waals surface area contributed by atoms with Gasteiger partial charge in [-0.1, -0.05) is 15.9 Å². The molecule has 5 heteroatoms. The Hall–Kier alpha value is -2.01. The number of unbranched alkanes of at least 4 members (excludes halogenated alkanes) is 2. The summed E-state index contributed by atoms with van der Waals surface area (Å²) in [6.45, 7) is 1.35. The van der Waals surface area contributed by atoms with Crippen molar-refractivity contribution in [1.29, 1.82) is 0 Å². The molecule has 0 atom stereocenters. The first-order valence-electron chi connectivity index (χ1n) is 7.67. The van der Waals surface area contributed by atoms with E-state index < -0.39 is 0 Å². The summed E-state index contributed by atoms with van der Waals surface area (Å²) in [4.78, 5) is 11.9. The molecule has 0 bridgehead atoms. The molecular formula is C18H21BrN2O2. The first kappa shape index (κ1) is 17.3. The Morgan fingerprint density at radius 1 is 1.00 bits per heavy atom. The fourth-order valence-corrected chi connectivity index (χ4v) is 2.33. The molecule has 122 valence electrons. The number of halogens is 1. The highest BCUT2D eigenvalue weighted by molar-refractivity contribution is 9.10. The van der Waals surface area contributed by atoms with Gasteiger partial charge < -0.3 is 15.8 Å². The number of carbonyl (C=O) groups is 1. The highest BCUT2D eigenvalue weighted by atomic mass is 79.9. The molecule has 2 rings (SSSR count). The van der Waals surface area contributed by atoms with E-state index in [9.17, 15) is 4.79 Å². The maximum absolute atomic E-state index is 11.9. The van der Waals surface area contributed by atoms with Crippen LogP contribution in [0.2, 0.25) is 0 Å². The van der Waals surface area contributed by atoms with Gasteiger partial charge in [-0.15, -0.1) is 0 Å². The maximum Gasteiger partial charge on any atom is 0.251 e. The second kappa shape index (κ2) is 9.20. The summed E-state index contributed by atoms with van der Waals surface area (Å²) in [6, 6.07) is 14.7. The van der Waals surface area contributed by atoms with Crippen molar-refractivity contribution >= 4 is 27.5 Å². The normalized spacial score (nSPS) is 10.3. The van der Waals surface area contributed by atoms with E-state index in [1.54, 1.807) is 12.1 Å². The van der Waals surface area contributed by atoms with Gasteiger partial charge in [0, 0.05) is 22.3 Å². The van der Waals surface area contributed by atoms with Gasteiger partial charge in [-0.3, -0.25) is 4.79 Å². The predicted molar refractivity (Wildman–Crippen MR) is 96.7 cm³/mol. The van der Waals surface area contributed by atoms with Crippen LogP contribution in [0.3, 0.4) is 0 Å². The van der Waals surface area contributed by atoms with Gasteiger partial charge in [0.25, 0.3) is 5.91 Å². The van der Waals surface area contributed by atoms with Gasteiger partial charge >= 0.3 is 0 Å². The molecular weight excluding hydrogens is 356 g/mol. The number of hydrogen-bond donors (Lipinski definition) is 2. The molecule has 23 heavy (non-hydrogen) atoms. The van der Waals surface area contributed by atoms with E-state index in [4.69, 9.17) is 10.5 Å². The highest BCUT2D eigenvalue weighted by Crippen LogP contribution is 2.13. The van der Waals surface area contributed by atoms with Crippen LogP contribution in [0.1, 0.15) is 29.6 Å². The first-order chi connectivity index (χ1) is 11.1. The summed E-state index contributed by atoms with van der Waals surface area (Å²) in [5.74, 6) is 0.804. The van der Waals surface area contributed by atoms with E-state index in [-0.39, 0.29) is 5.91 Å². The van der Waals surface area contributed by atoms with Gasteiger partial charge in [0.15, 0.2) is 0 Å². The van der Waals surface area contributed by atoms with Gasteiger partial charge in [-0.25, -0.2) is 0 Å². The number of hydrogen-bond acceptors (Lipinski definition) is 3. The molecule has 2 aromatic carbocycles. The molecule has 4 nitrogen and oxygen atoms in total. The molecule has 0 unspecified atom stereocenters. The number of nitrogens with one attached hydrogen (secondary N) is 1. The Labute approximate surface area is 145 Å². The maximum atomic E-state index is 11.9. The number of carbonyl (C=O) groups excluding carboxylic acids is 1. The van der Waals surface area contributed by atoms with Crippen LogP contribution in [0, 0.1) is 0 Å². The lowest BCUT2D eigenvalue weighted by molar-refractivity contribution is 0.0953. The zero-order valence-corrected chi connectivity index (χ0v) is 14.5. The van der Waals surface area contributed by atoms with Crippen molar-refractivity contribution in [2.24, 2.45) is 0 Å². The van der Waals surface area contributed by atoms with Gasteiger partial charge in [0.1, 0.15) is 5.75 Å². The molecule has 1 amide bonds. The molecule has 0 saturated carbocycles. The second-order valence-corrected chi connectivity index (χ2v) is 6.16. The van der Waals surface area contributed by atoms with Crippen molar-refractivity contribution in [3.8, 4) is 5.75 Å². The molecule has 2 aromatic rings. The fourth-order valence-electron chi connectivity index (χ4n) is 2.06. The van der Waals surface area contributed by atoms with E-state index in [1.807, 2.05) is 36.4 Å². The lowest BCUT2D eigenvalue weighted by atomic mass is 10.2. The van der Waals surface area contributed by atoms with Crippen LogP contribution in [0.4, 0.5) is 5.69 Å². The topological polar surface area (TPSA) is 64.3 Å². The summed E-state index contributed by atoms with van der Waals surface area (Å²) < 4.78 is 6.59. The van der Waals surface area contributed by atoms with E-state index >= 15 is 0 Å². The number of ether oxygens (including phenoxy) is 1. The molecule has 3 N–H and O–H groups in total. The first-order valence-corrected chi connectivity index (χ1v) is 8.46. The zero-order valence-electron chi connectivity index (χ0n) is 12.9. The Morgan fingerprint density at radius 3 is 2.39 bits per heavy atom. The van der Waals surface area contributed by atoms with Crippen LogP contribution >= 0.6 is 15.9 Å². The third-order valence-electron chi connectivity index (χ3n) is 3.36. The molecule has 0 aromatic heterocycles. The minimum atomic E-state index is -0.0318. The van der Waals surface area contributed by atoms with Crippen molar-refractivity contribution in [3.63, 3.8) is 0 Å². The van der Waals surface area contributed by atoms with Crippen molar-refractivity contribution in [1.82, 2.24) is 5.32 Å². The molecule has 0 fully saturated rings. The lowest BCUT2D eigenvalue weighted by Crippen LogP contribution is -2.24. The summed E-state index contributed by atoms with van der Waals surface area (Å²) in [5.41, 5.74) is 7.03. The number of amides is 1. The minimum Gasteiger partial charge on any atom is -0.494 e. The van der Waals surface area contributed by atoms with E-state index in [0.29, 0.717) is 18.7 Å². The van der Waals surface area contributed by atoms with Crippen LogP contribution < -0.4 is 15.8 Å². The summed E-state index contributed by atoms with van der Waals surface area (Å²) >= 11 is 3.35. The smallest absolute Gasteiger partial charge is 0.251 e. The van der Waals surface area contributed by atoms with Gasteiger partial charge in [0.2, 0.25) is 0 Å². The predicted octanol–water partition coefficient (Wildman–Crippen LogP) is 4.01. The molecule has 0 heterocycles. The van der Waals surface area contributed by atoms with E-state index in [2.05, 4.69) is 21.2 Å². The molecule has 0 spiro atoms. The molecule has 0 radical (unpaired) electrons. The Kier molecular flexibility index (Phi) is 6.94. The van der Waals surface area contributed by atoms with Gasteiger partial charge in [-0.05, 0) is 67.8 Å². The third kappa shape index (κ3) is 6.32. The summed E-state index contributed by atoms with van der Waals surface area (Å²) in [6.07, 6.45) is 2.90. The Balaban J connectivity index is 1.54. The SMILES string of the molecule is Nc1ccc(OCCCCCNC(=O)c2ccc(Br)cc2)cc1. The average Bonchev–Trinajstić information content (AvgIpc) is 2.56. The number of nitrogen functional groups attached to an aromatic ring is 1. The van der Waals surface area contributed by atoms with Gasteiger partial charge in [0.05, 0.1) is 6.61 Å². The molecule has 0 saturated heterocycles. The fraction of sp³-hybridized carbons (Fsp3) is 0.278. The third-order valence-corrected chi connectivity index (χ3v) is 3.89. The molecule has 0 aliphatic rings. The van der Waals surface area contributed by atoms with Crippen LogP contribution in [0.15, 0.2) is 53.0 Å². The van der Waals surface area contributed by atoms with Gasteiger partial charge in [-0.2, -0.15) is 0 Å². The van der Waals surface area contributed by atoms with Crippen LogP contribution in [-0.4, -0.2) is 19.1 Å². The van der Waals surface area contributed by atoms with Crippen LogP contribution in [0.25, 0.3) is 0 Å². The number of nitrogens with two attached hydrogens (primary N) is 1. The zero-order chi connectivity index (χ0) is 16.5. The van der Waals surface area contributed by atoms with Crippen molar-refractivity contribution in [2.75, 3.05) is 18.9 Å². The highest BCUT2D eigenvalue weighted by Gasteiger charge is 2.03. The van der Waals surface area contributed by atoms with Crippen LogP contribution in [0.5, 0.6) is 5.75 Å². The number of anilines is 1. The minimum absolute atomic E-state index is 0.0318. The van der Waals surface area contributed by atoms with E-state index in [0.717, 1.165) is 35.2 Å². The van der Waals surface area contributed by atoms with Crippen molar-refractivity contribution in [3.05, 3.63) is 58.6 Å². The second-order valence-electron chi connectivity index (χ2n) is 5.24. The largest absolute Gasteiger partial charge is 0.494 e. The van der Waals surface area contributed by atoms with Crippen LogP contribution in [-0.2, 0) is 0 Å². The molecule has 0 aliphatic heterocycles. The number of rotatable bonds is 8.